The van der Waals surface area contributed by atoms with Gasteiger partial charge in [-0.1, -0.05) is 5.92 Å². The number of carbonyl (C=O) groups excluding carboxylic acids is 1. The summed E-state index contributed by atoms with van der Waals surface area (Å²) in [5.74, 6) is 5.44. The quantitative estimate of drug-likeness (QED) is 0.536. The molecule has 0 saturated heterocycles. The van der Waals surface area contributed by atoms with Gasteiger partial charge in [-0.3, -0.25) is 0 Å². The van der Waals surface area contributed by atoms with Crippen LogP contribution in [0, 0.1) is 17.8 Å². The molecule has 0 heterocycles. The second kappa shape index (κ2) is 8.08. The molecule has 1 unspecified atom stereocenters. The van der Waals surface area contributed by atoms with Crippen molar-refractivity contribution in [1.82, 2.24) is 0 Å². The standard InChI is InChI=1S/C10H19NO5Si/c1-5-6-9(7-16-10(11)12)8-17(13-2,14-3)15-4/h9H,7-8H2,1-4H3,(H2,11,12). The Morgan fingerprint density at radius 1 is 1.29 bits per heavy atom. The van der Waals surface area contributed by atoms with Gasteiger partial charge in [-0.05, 0) is 6.92 Å². The molecule has 0 saturated carbocycles. The summed E-state index contributed by atoms with van der Waals surface area (Å²) in [6.45, 7) is 1.80. The molecule has 17 heavy (non-hydrogen) atoms. The summed E-state index contributed by atoms with van der Waals surface area (Å²) < 4.78 is 20.6. The number of hydrogen-bond acceptors (Lipinski definition) is 5. The Hall–Kier alpha value is -1.07. The lowest BCUT2D eigenvalue weighted by molar-refractivity contribution is 0.110. The number of amides is 1. The van der Waals surface area contributed by atoms with Gasteiger partial charge in [-0.15, -0.1) is 5.92 Å². The predicted molar refractivity (Wildman–Crippen MR) is 64.1 cm³/mol. The third-order valence-electron chi connectivity index (χ3n) is 2.20. The molecule has 0 spiro atoms. The lowest BCUT2D eigenvalue weighted by Gasteiger charge is -2.26. The molecule has 0 bridgehead atoms. The fourth-order valence-electron chi connectivity index (χ4n) is 1.34. The van der Waals surface area contributed by atoms with E-state index in [1.54, 1.807) is 6.92 Å². The Kier molecular flexibility index (Phi) is 7.57. The minimum absolute atomic E-state index is 0.0982. The van der Waals surface area contributed by atoms with Crippen molar-refractivity contribution in [1.29, 1.82) is 0 Å². The average molecular weight is 261 g/mol. The van der Waals surface area contributed by atoms with Gasteiger partial charge in [0, 0.05) is 27.4 Å². The van der Waals surface area contributed by atoms with Crippen molar-refractivity contribution in [3.8, 4) is 11.8 Å². The highest BCUT2D eigenvalue weighted by Crippen LogP contribution is 2.19. The van der Waals surface area contributed by atoms with E-state index in [1.165, 1.54) is 21.3 Å². The zero-order valence-corrected chi connectivity index (χ0v) is 11.6. The Labute approximate surface area is 103 Å². The second-order valence-electron chi connectivity index (χ2n) is 3.22. The average Bonchev–Trinajstić information content (AvgIpc) is 2.33. The Morgan fingerprint density at radius 3 is 2.18 bits per heavy atom. The van der Waals surface area contributed by atoms with E-state index in [4.69, 9.17) is 23.7 Å². The highest BCUT2D eigenvalue weighted by atomic mass is 28.4. The van der Waals surface area contributed by atoms with Gasteiger partial charge in [-0.2, -0.15) is 0 Å². The zero-order valence-electron chi connectivity index (χ0n) is 10.6. The first-order valence-electron chi connectivity index (χ1n) is 5.03. The van der Waals surface area contributed by atoms with E-state index in [0.29, 0.717) is 6.04 Å². The molecule has 2 N–H and O–H groups in total. The van der Waals surface area contributed by atoms with Gasteiger partial charge in [0.05, 0.1) is 5.92 Å². The van der Waals surface area contributed by atoms with Crippen LogP contribution >= 0.6 is 0 Å². The number of carbonyl (C=O) groups is 1. The summed E-state index contributed by atoms with van der Waals surface area (Å²) in [6, 6.07) is 0.435. The van der Waals surface area contributed by atoms with Crippen molar-refractivity contribution in [3.05, 3.63) is 0 Å². The minimum Gasteiger partial charge on any atom is -0.448 e. The van der Waals surface area contributed by atoms with E-state index in [-0.39, 0.29) is 12.5 Å². The summed E-state index contributed by atoms with van der Waals surface area (Å²) in [4.78, 5) is 10.6. The van der Waals surface area contributed by atoms with E-state index in [2.05, 4.69) is 11.8 Å². The molecule has 0 rings (SSSR count). The molecule has 6 nitrogen and oxygen atoms in total. The fourth-order valence-corrected chi connectivity index (χ4v) is 3.16. The Morgan fingerprint density at radius 2 is 1.82 bits per heavy atom. The van der Waals surface area contributed by atoms with Gasteiger partial charge in [0.2, 0.25) is 0 Å². The van der Waals surface area contributed by atoms with E-state index >= 15 is 0 Å². The molecule has 0 aliphatic carbocycles. The molecule has 0 aromatic rings. The largest absolute Gasteiger partial charge is 0.501 e. The number of rotatable bonds is 7. The SMILES string of the molecule is CC#CC(COC(N)=O)C[Si](OC)(OC)OC. The molecule has 1 amide bonds. The lowest BCUT2D eigenvalue weighted by atomic mass is 10.2. The van der Waals surface area contributed by atoms with Gasteiger partial charge >= 0.3 is 14.9 Å². The molecule has 98 valence electrons. The summed E-state index contributed by atoms with van der Waals surface area (Å²) in [6.07, 6.45) is -0.826. The number of primary amides is 1. The third-order valence-corrected chi connectivity index (χ3v) is 5.06. The second-order valence-corrected chi connectivity index (χ2v) is 6.22. The first kappa shape index (κ1) is 15.9. The minimum atomic E-state index is -2.72. The summed E-state index contributed by atoms with van der Waals surface area (Å²) in [5, 5.41) is 0. The van der Waals surface area contributed by atoms with Crippen LogP contribution in [0.1, 0.15) is 6.92 Å². The summed E-state index contributed by atoms with van der Waals surface area (Å²) in [5.41, 5.74) is 4.91. The van der Waals surface area contributed by atoms with Crippen molar-refractivity contribution in [2.45, 2.75) is 13.0 Å². The normalized spacial score (nSPS) is 12.5. The maximum absolute atomic E-state index is 10.6. The zero-order chi connectivity index (χ0) is 13.3. The monoisotopic (exact) mass is 261 g/mol. The first-order valence-corrected chi connectivity index (χ1v) is 6.96. The molecule has 0 aliphatic heterocycles. The molecule has 0 fully saturated rings. The van der Waals surface area contributed by atoms with Crippen molar-refractivity contribution in [2.24, 2.45) is 11.7 Å². The van der Waals surface area contributed by atoms with Gasteiger partial charge < -0.3 is 23.7 Å². The fraction of sp³-hybridized carbons (Fsp3) is 0.700. The van der Waals surface area contributed by atoms with Crippen LogP contribution in [0.2, 0.25) is 6.04 Å². The highest BCUT2D eigenvalue weighted by Gasteiger charge is 2.40. The first-order chi connectivity index (χ1) is 8.03. The number of nitrogens with two attached hydrogens (primary N) is 1. The maximum Gasteiger partial charge on any atom is 0.501 e. The van der Waals surface area contributed by atoms with Crippen molar-refractivity contribution < 1.29 is 22.8 Å². The topological polar surface area (TPSA) is 80.0 Å². The number of ether oxygens (including phenoxy) is 1. The van der Waals surface area contributed by atoms with E-state index < -0.39 is 14.9 Å². The van der Waals surface area contributed by atoms with Crippen LogP contribution < -0.4 is 5.73 Å². The van der Waals surface area contributed by atoms with Gasteiger partial charge in [-0.25, -0.2) is 4.79 Å². The molecule has 1 atom stereocenters. The molecule has 0 aromatic heterocycles. The van der Waals surface area contributed by atoms with Crippen molar-refractivity contribution >= 4 is 14.9 Å². The Balaban J connectivity index is 4.58. The lowest BCUT2D eigenvalue weighted by Crippen LogP contribution is -2.45. The van der Waals surface area contributed by atoms with Crippen LogP contribution in [0.15, 0.2) is 0 Å². The van der Waals surface area contributed by atoms with E-state index in [9.17, 15) is 4.79 Å². The molecule has 0 aromatic carbocycles. The van der Waals surface area contributed by atoms with Crippen LogP contribution in [-0.2, 0) is 18.0 Å². The summed E-state index contributed by atoms with van der Waals surface area (Å²) in [7, 11) is 1.83. The highest BCUT2D eigenvalue weighted by molar-refractivity contribution is 6.60. The van der Waals surface area contributed by atoms with Crippen LogP contribution in [0.25, 0.3) is 0 Å². The van der Waals surface area contributed by atoms with Gasteiger partial charge in [0.15, 0.2) is 0 Å². The molecular formula is C10H19NO5Si. The summed E-state index contributed by atoms with van der Waals surface area (Å²) >= 11 is 0. The van der Waals surface area contributed by atoms with E-state index in [1.807, 2.05) is 0 Å². The van der Waals surface area contributed by atoms with Crippen LogP contribution in [0.5, 0.6) is 0 Å². The maximum atomic E-state index is 10.6. The molecule has 0 radical (unpaired) electrons. The smallest absolute Gasteiger partial charge is 0.448 e. The Bertz CT molecular complexity index is 287. The van der Waals surface area contributed by atoms with Crippen LogP contribution in [0.3, 0.4) is 0 Å². The molecule has 0 aliphatic rings. The van der Waals surface area contributed by atoms with E-state index in [0.717, 1.165) is 0 Å². The molecular weight excluding hydrogens is 242 g/mol. The van der Waals surface area contributed by atoms with Gasteiger partial charge in [0.25, 0.3) is 0 Å². The third kappa shape index (κ3) is 5.70. The van der Waals surface area contributed by atoms with Crippen LogP contribution in [0.4, 0.5) is 4.79 Å². The van der Waals surface area contributed by atoms with Gasteiger partial charge in [0.1, 0.15) is 6.61 Å². The van der Waals surface area contributed by atoms with Crippen molar-refractivity contribution in [2.75, 3.05) is 27.9 Å². The van der Waals surface area contributed by atoms with Crippen LogP contribution in [-0.4, -0.2) is 42.8 Å². The molecule has 7 heteroatoms. The van der Waals surface area contributed by atoms with Crippen molar-refractivity contribution in [3.63, 3.8) is 0 Å². The number of hydrogen-bond donors (Lipinski definition) is 1. The predicted octanol–water partition coefficient (Wildman–Crippen LogP) is 0.599.